The summed E-state index contributed by atoms with van der Waals surface area (Å²) in [7, 11) is 0. The molecule has 2 rings (SSSR count). The summed E-state index contributed by atoms with van der Waals surface area (Å²) >= 11 is 0. The summed E-state index contributed by atoms with van der Waals surface area (Å²) in [5.41, 5.74) is 0.942. The molecule has 1 aromatic heterocycles. The van der Waals surface area contributed by atoms with Crippen molar-refractivity contribution in [3.05, 3.63) is 24.5 Å². The van der Waals surface area contributed by atoms with Crippen molar-refractivity contribution in [2.24, 2.45) is 0 Å². The average Bonchev–Trinajstić information content (AvgIpc) is 2.40. The summed E-state index contributed by atoms with van der Waals surface area (Å²) in [6.07, 6.45) is 6.96. The molecule has 17 heavy (non-hydrogen) atoms. The van der Waals surface area contributed by atoms with E-state index < -0.39 is 0 Å². The number of nitrogens with zero attached hydrogens (tertiary/aromatic N) is 2. The number of carbonyl (C=O) groups excluding carboxylic acids is 1. The van der Waals surface area contributed by atoms with Gasteiger partial charge in [-0.2, -0.15) is 0 Å². The smallest absolute Gasteiger partial charge is 0.244 e. The van der Waals surface area contributed by atoms with Gasteiger partial charge < -0.3 is 10.2 Å². The van der Waals surface area contributed by atoms with Crippen molar-refractivity contribution in [3.8, 4) is 0 Å². The molecule has 0 radical (unpaired) electrons. The molecule has 1 amide bonds. The first-order chi connectivity index (χ1) is 8.27. The second-order valence-electron chi connectivity index (χ2n) is 4.49. The Hall–Kier alpha value is -1.58. The van der Waals surface area contributed by atoms with Crippen LogP contribution in [0.25, 0.3) is 0 Å². The number of piperidine rings is 1. The molecule has 1 aliphatic heterocycles. The summed E-state index contributed by atoms with van der Waals surface area (Å²) in [5, 5.41) is 3.21. The van der Waals surface area contributed by atoms with Crippen molar-refractivity contribution in [1.29, 1.82) is 0 Å². The zero-order valence-electron chi connectivity index (χ0n) is 10.2. The Bertz CT molecular complexity index is 360. The lowest BCUT2D eigenvalue weighted by atomic mass is 10.1. The first-order valence-corrected chi connectivity index (χ1v) is 6.23. The Balaban J connectivity index is 1.90. The SMILES string of the molecule is CC(Nc1ccncc1)C(=O)N1CCCCC1. The fraction of sp³-hybridized carbons (Fsp3) is 0.538. The highest BCUT2D eigenvalue weighted by molar-refractivity contribution is 5.84. The minimum Gasteiger partial charge on any atom is -0.374 e. The molecule has 1 fully saturated rings. The highest BCUT2D eigenvalue weighted by Gasteiger charge is 2.21. The number of rotatable bonds is 3. The molecular formula is C13H19N3O. The van der Waals surface area contributed by atoms with Crippen LogP contribution in [0.1, 0.15) is 26.2 Å². The van der Waals surface area contributed by atoms with Gasteiger partial charge >= 0.3 is 0 Å². The number of carbonyl (C=O) groups is 1. The molecule has 1 N–H and O–H groups in total. The van der Waals surface area contributed by atoms with Crippen molar-refractivity contribution in [2.75, 3.05) is 18.4 Å². The topological polar surface area (TPSA) is 45.2 Å². The van der Waals surface area contributed by atoms with E-state index in [0.29, 0.717) is 0 Å². The lowest BCUT2D eigenvalue weighted by molar-refractivity contribution is -0.132. The molecule has 2 heterocycles. The third-order valence-electron chi connectivity index (χ3n) is 3.10. The van der Waals surface area contributed by atoms with Crippen LogP contribution in [0.15, 0.2) is 24.5 Å². The van der Waals surface area contributed by atoms with Gasteiger partial charge in [0.2, 0.25) is 5.91 Å². The Labute approximate surface area is 102 Å². The summed E-state index contributed by atoms with van der Waals surface area (Å²) < 4.78 is 0. The Morgan fingerprint density at radius 1 is 1.29 bits per heavy atom. The van der Waals surface area contributed by atoms with Gasteiger partial charge in [-0.25, -0.2) is 0 Å². The van der Waals surface area contributed by atoms with Crippen LogP contribution < -0.4 is 5.32 Å². The quantitative estimate of drug-likeness (QED) is 0.867. The zero-order valence-corrected chi connectivity index (χ0v) is 10.2. The minimum atomic E-state index is -0.171. The molecule has 0 aliphatic carbocycles. The van der Waals surface area contributed by atoms with Crippen LogP contribution >= 0.6 is 0 Å². The fourth-order valence-electron chi connectivity index (χ4n) is 2.15. The number of nitrogens with one attached hydrogen (secondary N) is 1. The molecular weight excluding hydrogens is 214 g/mol. The number of aromatic nitrogens is 1. The van der Waals surface area contributed by atoms with Crippen LogP contribution in [0.3, 0.4) is 0 Å². The lowest BCUT2D eigenvalue weighted by Crippen LogP contribution is -2.43. The highest BCUT2D eigenvalue weighted by atomic mass is 16.2. The third-order valence-corrected chi connectivity index (χ3v) is 3.10. The van der Waals surface area contributed by atoms with Gasteiger partial charge in [-0.3, -0.25) is 9.78 Å². The second-order valence-corrected chi connectivity index (χ2v) is 4.49. The maximum absolute atomic E-state index is 12.2. The Morgan fingerprint density at radius 3 is 2.59 bits per heavy atom. The fourth-order valence-corrected chi connectivity index (χ4v) is 2.15. The summed E-state index contributed by atoms with van der Waals surface area (Å²) in [5.74, 6) is 0.196. The molecule has 1 saturated heterocycles. The maximum atomic E-state index is 12.2. The van der Waals surface area contributed by atoms with Crippen molar-refractivity contribution in [2.45, 2.75) is 32.2 Å². The maximum Gasteiger partial charge on any atom is 0.244 e. The van der Waals surface area contributed by atoms with Crippen molar-refractivity contribution in [3.63, 3.8) is 0 Å². The van der Waals surface area contributed by atoms with Crippen molar-refractivity contribution >= 4 is 11.6 Å². The Morgan fingerprint density at radius 2 is 1.94 bits per heavy atom. The van der Waals surface area contributed by atoms with Gasteiger partial charge in [0.25, 0.3) is 0 Å². The molecule has 0 spiro atoms. The number of amides is 1. The molecule has 1 atom stereocenters. The van der Waals surface area contributed by atoms with Crippen molar-refractivity contribution in [1.82, 2.24) is 9.88 Å². The van der Waals surface area contributed by atoms with Gasteiger partial charge in [-0.1, -0.05) is 0 Å². The predicted molar refractivity (Wildman–Crippen MR) is 67.8 cm³/mol. The number of hydrogen-bond acceptors (Lipinski definition) is 3. The lowest BCUT2D eigenvalue weighted by Gasteiger charge is -2.29. The predicted octanol–water partition coefficient (Wildman–Crippen LogP) is 1.89. The second kappa shape index (κ2) is 5.66. The van der Waals surface area contributed by atoms with Gasteiger partial charge in [0.1, 0.15) is 6.04 Å². The Kier molecular flexibility index (Phi) is 3.96. The van der Waals surface area contributed by atoms with Gasteiger partial charge in [0.05, 0.1) is 0 Å². The first-order valence-electron chi connectivity index (χ1n) is 6.23. The molecule has 92 valence electrons. The highest BCUT2D eigenvalue weighted by Crippen LogP contribution is 2.12. The standard InChI is InChI=1S/C13H19N3O/c1-11(15-12-5-7-14-8-6-12)13(17)16-9-3-2-4-10-16/h5-8,11H,2-4,9-10H2,1H3,(H,14,15). The summed E-state index contributed by atoms with van der Waals surface area (Å²) in [6.45, 7) is 3.72. The van der Waals surface area contributed by atoms with E-state index in [2.05, 4.69) is 10.3 Å². The third kappa shape index (κ3) is 3.19. The molecule has 0 aromatic carbocycles. The van der Waals surface area contributed by atoms with Crippen LogP contribution in [0.5, 0.6) is 0 Å². The number of anilines is 1. The van der Waals surface area contributed by atoms with Crippen LogP contribution in [0, 0.1) is 0 Å². The van der Waals surface area contributed by atoms with E-state index in [4.69, 9.17) is 0 Å². The van der Waals surface area contributed by atoms with Crippen LogP contribution in [-0.2, 0) is 4.79 Å². The number of pyridine rings is 1. The number of hydrogen-bond donors (Lipinski definition) is 1. The molecule has 1 aromatic rings. The summed E-state index contributed by atoms with van der Waals surface area (Å²) in [4.78, 5) is 18.1. The van der Waals surface area contributed by atoms with Crippen LogP contribution in [0.4, 0.5) is 5.69 Å². The first kappa shape index (κ1) is 11.9. The van der Waals surface area contributed by atoms with Gasteiger partial charge in [-0.15, -0.1) is 0 Å². The summed E-state index contributed by atoms with van der Waals surface area (Å²) in [6, 6.07) is 3.58. The molecule has 0 saturated carbocycles. The van der Waals surface area contributed by atoms with E-state index in [1.54, 1.807) is 12.4 Å². The molecule has 1 unspecified atom stereocenters. The van der Waals surface area contributed by atoms with Crippen LogP contribution in [-0.4, -0.2) is 34.9 Å². The van der Waals surface area contributed by atoms with E-state index in [0.717, 1.165) is 31.6 Å². The molecule has 0 bridgehead atoms. The molecule has 4 heteroatoms. The monoisotopic (exact) mass is 233 g/mol. The number of likely N-dealkylation sites (tertiary alicyclic amines) is 1. The zero-order chi connectivity index (χ0) is 12.1. The largest absolute Gasteiger partial charge is 0.374 e. The minimum absolute atomic E-state index is 0.171. The van der Waals surface area contributed by atoms with E-state index in [1.165, 1.54) is 6.42 Å². The normalized spacial score (nSPS) is 17.6. The van der Waals surface area contributed by atoms with Gasteiger partial charge in [-0.05, 0) is 38.3 Å². The van der Waals surface area contributed by atoms with Gasteiger partial charge in [0.15, 0.2) is 0 Å². The molecule has 1 aliphatic rings. The van der Waals surface area contributed by atoms with Crippen LogP contribution in [0.2, 0.25) is 0 Å². The van der Waals surface area contributed by atoms with E-state index in [9.17, 15) is 4.79 Å². The average molecular weight is 233 g/mol. The van der Waals surface area contributed by atoms with Gasteiger partial charge in [0, 0.05) is 31.2 Å². The van der Waals surface area contributed by atoms with Crippen molar-refractivity contribution < 1.29 is 4.79 Å². The van der Waals surface area contributed by atoms with E-state index in [1.807, 2.05) is 24.0 Å². The van der Waals surface area contributed by atoms with E-state index >= 15 is 0 Å². The molecule has 4 nitrogen and oxygen atoms in total. The van der Waals surface area contributed by atoms with E-state index in [-0.39, 0.29) is 11.9 Å².